The Balaban J connectivity index is 1.99. The second-order valence-corrected chi connectivity index (χ2v) is 5.50. The Morgan fingerprint density at radius 3 is 2.95 bits per heavy atom. The predicted octanol–water partition coefficient (Wildman–Crippen LogP) is 3.68. The van der Waals surface area contributed by atoms with Crippen LogP contribution in [0, 0.1) is 0 Å². The molecular formula is C16H15N3OS. The maximum absolute atomic E-state index is 12.6. The van der Waals surface area contributed by atoms with Gasteiger partial charge < -0.3 is 4.98 Å². The van der Waals surface area contributed by atoms with Crippen LogP contribution in [-0.2, 0) is 0 Å². The van der Waals surface area contributed by atoms with E-state index in [1.807, 2.05) is 36.6 Å². The Morgan fingerprint density at radius 2 is 2.19 bits per heavy atom. The van der Waals surface area contributed by atoms with Gasteiger partial charge in [-0.3, -0.25) is 9.79 Å². The van der Waals surface area contributed by atoms with Gasteiger partial charge in [-0.2, -0.15) is 0 Å². The van der Waals surface area contributed by atoms with E-state index in [-0.39, 0.29) is 5.78 Å². The summed E-state index contributed by atoms with van der Waals surface area (Å²) in [6.07, 6.45) is 2.56. The molecule has 2 heterocycles. The van der Waals surface area contributed by atoms with Crippen molar-refractivity contribution in [3.05, 3.63) is 52.1 Å². The van der Waals surface area contributed by atoms with Crippen LogP contribution in [0.5, 0.6) is 0 Å². The first kappa shape index (κ1) is 13.7. The zero-order chi connectivity index (χ0) is 14.8. The smallest absolute Gasteiger partial charge is 0.223 e. The number of H-pyrrole nitrogens is 1. The van der Waals surface area contributed by atoms with Crippen molar-refractivity contribution < 1.29 is 4.79 Å². The predicted molar refractivity (Wildman–Crippen MR) is 86.6 cm³/mol. The number of para-hydroxylation sites is 1. The van der Waals surface area contributed by atoms with Gasteiger partial charge in [-0.1, -0.05) is 25.1 Å². The van der Waals surface area contributed by atoms with E-state index in [1.165, 1.54) is 11.3 Å². The molecule has 0 amide bonds. The topological polar surface area (TPSA) is 58.1 Å². The van der Waals surface area contributed by atoms with Crippen LogP contribution in [0.15, 0.2) is 40.8 Å². The molecule has 0 aliphatic carbocycles. The summed E-state index contributed by atoms with van der Waals surface area (Å²) in [5.41, 5.74) is 3.34. The summed E-state index contributed by atoms with van der Waals surface area (Å²) in [5, 5.41) is 3.33. The largest absolute Gasteiger partial charge is 0.360 e. The van der Waals surface area contributed by atoms with Crippen LogP contribution in [-0.4, -0.2) is 28.5 Å². The molecule has 1 N–H and O–H groups in total. The van der Waals surface area contributed by atoms with Gasteiger partial charge in [-0.05, 0) is 12.5 Å². The van der Waals surface area contributed by atoms with E-state index < -0.39 is 0 Å². The van der Waals surface area contributed by atoms with Crippen molar-refractivity contribution in [2.75, 3.05) is 7.05 Å². The number of ketones is 1. The second kappa shape index (κ2) is 5.61. The summed E-state index contributed by atoms with van der Waals surface area (Å²) < 4.78 is 0. The summed E-state index contributed by atoms with van der Waals surface area (Å²) in [4.78, 5) is 24.4. The Labute approximate surface area is 126 Å². The maximum atomic E-state index is 12.6. The molecule has 0 unspecified atom stereocenters. The van der Waals surface area contributed by atoms with Crippen molar-refractivity contribution in [1.82, 2.24) is 9.97 Å². The third-order valence-corrected chi connectivity index (χ3v) is 4.27. The minimum absolute atomic E-state index is 0.0461. The van der Waals surface area contributed by atoms with Gasteiger partial charge in [0.15, 0.2) is 5.01 Å². The Morgan fingerprint density at radius 1 is 1.38 bits per heavy atom. The monoisotopic (exact) mass is 297 g/mol. The number of hydrogen-bond acceptors (Lipinski definition) is 4. The standard InChI is InChI=1S/C16H15N3OS/c1-3-12(17-2)14-9-21-16(19-14)15(20)11-8-18-13-7-5-4-6-10(11)13/h4-9,18H,3H2,1-2H3. The van der Waals surface area contributed by atoms with Gasteiger partial charge in [0.1, 0.15) is 0 Å². The molecule has 3 rings (SSSR count). The van der Waals surface area contributed by atoms with Gasteiger partial charge in [-0.25, -0.2) is 4.98 Å². The van der Waals surface area contributed by atoms with E-state index >= 15 is 0 Å². The molecule has 21 heavy (non-hydrogen) atoms. The number of aromatic nitrogens is 2. The molecular weight excluding hydrogens is 282 g/mol. The fraction of sp³-hybridized carbons (Fsp3) is 0.188. The molecule has 106 valence electrons. The summed E-state index contributed by atoms with van der Waals surface area (Å²) in [6.45, 7) is 2.03. The lowest BCUT2D eigenvalue weighted by molar-refractivity contribution is 0.104. The van der Waals surface area contributed by atoms with Crippen LogP contribution in [0.25, 0.3) is 10.9 Å². The first-order valence-electron chi connectivity index (χ1n) is 6.77. The lowest BCUT2D eigenvalue weighted by Gasteiger charge is -1.97. The molecule has 4 nitrogen and oxygen atoms in total. The number of fused-ring (bicyclic) bond motifs is 1. The number of aromatic amines is 1. The quantitative estimate of drug-likeness (QED) is 0.590. The van der Waals surface area contributed by atoms with Crippen LogP contribution >= 0.6 is 11.3 Å². The SMILES string of the molecule is CCC(=NC)c1csc(C(=O)c2c[nH]c3ccccc23)n1. The molecule has 3 aromatic rings. The van der Waals surface area contributed by atoms with Crippen molar-refractivity contribution in [3.8, 4) is 0 Å². The summed E-state index contributed by atoms with van der Waals surface area (Å²) in [7, 11) is 1.75. The van der Waals surface area contributed by atoms with Gasteiger partial charge in [-0.15, -0.1) is 11.3 Å². The van der Waals surface area contributed by atoms with E-state index in [0.717, 1.165) is 28.7 Å². The molecule has 0 spiro atoms. The minimum Gasteiger partial charge on any atom is -0.360 e. The van der Waals surface area contributed by atoms with Gasteiger partial charge in [0.25, 0.3) is 0 Å². The number of carbonyl (C=O) groups excluding carboxylic acids is 1. The average Bonchev–Trinajstić information content (AvgIpc) is 3.15. The van der Waals surface area contributed by atoms with E-state index in [4.69, 9.17) is 0 Å². The highest BCUT2D eigenvalue weighted by Crippen LogP contribution is 2.22. The minimum atomic E-state index is -0.0461. The lowest BCUT2D eigenvalue weighted by Crippen LogP contribution is -2.03. The van der Waals surface area contributed by atoms with Crippen LogP contribution < -0.4 is 0 Å². The fourth-order valence-corrected chi connectivity index (χ4v) is 3.12. The molecule has 1 aromatic carbocycles. The van der Waals surface area contributed by atoms with Crippen molar-refractivity contribution in [2.45, 2.75) is 13.3 Å². The number of aliphatic imine (C=N–C) groups is 1. The molecule has 0 saturated carbocycles. The number of carbonyl (C=O) groups is 1. The normalized spacial score (nSPS) is 12.0. The fourth-order valence-electron chi connectivity index (χ4n) is 2.34. The number of rotatable bonds is 4. The van der Waals surface area contributed by atoms with E-state index in [0.29, 0.717) is 10.6 Å². The number of hydrogen-bond donors (Lipinski definition) is 1. The summed E-state index contributed by atoms with van der Waals surface area (Å²) in [6, 6.07) is 7.77. The van der Waals surface area contributed by atoms with Crippen LogP contribution in [0.4, 0.5) is 0 Å². The van der Waals surface area contributed by atoms with Gasteiger partial charge >= 0.3 is 0 Å². The van der Waals surface area contributed by atoms with Gasteiger partial charge in [0.05, 0.1) is 17.0 Å². The van der Waals surface area contributed by atoms with E-state index in [9.17, 15) is 4.79 Å². The molecule has 0 bridgehead atoms. The summed E-state index contributed by atoms with van der Waals surface area (Å²) in [5.74, 6) is -0.0461. The Kier molecular flexibility index (Phi) is 3.66. The molecule has 0 atom stereocenters. The van der Waals surface area contributed by atoms with Gasteiger partial charge in [0, 0.05) is 29.5 Å². The van der Waals surface area contributed by atoms with Crippen LogP contribution in [0.3, 0.4) is 0 Å². The molecule has 0 aliphatic rings. The third kappa shape index (κ3) is 2.40. The summed E-state index contributed by atoms with van der Waals surface area (Å²) >= 11 is 1.37. The Bertz CT molecular complexity index is 829. The van der Waals surface area contributed by atoms with Crippen LogP contribution in [0.1, 0.15) is 34.4 Å². The highest BCUT2D eigenvalue weighted by molar-refractivity contribution is 7.12. The molecule has 0 fully saturated rings. The lowest BCUT2D eigenvalue weighted by atomic mass is 10.1. The number of benzene rings is 1. The number of nitrogens with zero attached hydrogens (tertiary/aromatic N) is 2. The molecule has 5 heteroatoms. The first-order valence-corrected chi connectivity index (χ1v) is 7.65. The Hall–Kier alpha value is -2.27. The highest BCUT2D eigenvalue weighted by atomic mass is 32.1. The van der Waals surface area contributed by atoms with Crippen LogP contribution in [0.2, 0.25) is 0 Å². The van der Waals surface area contributed by atoms with Crippen molar-refractivity contribution in [2.24, 2.45) is 4.99 Å². The zero-order valence-electron chi connectivity index (χ0n) is 11.9. The zero-order valence-corrected chi connectivity index (χ0v) is 12.7. The van der Waals surface area contributed by atoms with Gasteiger partial charge in [0.2, 0.25) is 5.78 Å². The van der Waals surface area contributed by atoms with E-state index in [2.05, 4.69) is 15.0 Å². The third-order valence-electron chi connectivity index (χ3n) is 3.43. The molecule has 0 saturated heterocycles. The number of thiazole rings is 1. The van der Waals surface area contributed by atoms with Crippen molar-refractivity contribution in [3.63, 3.8) is 0 Å². The average molecular weight is 297 g/mol. The van der Waals surface area contributed by atoms with E-state index in [1.54, 1.807) is 13.2 Å². The maximum Gasteiger partial charge on any atom is 0.223 e. The van der Waals surface area contributed by atoms with Crippen molar-refractivity contribution in [1.29, 1.82) is 0 Å². The van der Waals surface area contributed by atoms with Crippen molar-refractivity contribution >= 4 is 33.7 Å². The second-order valence-electron chi connectivity index (χ2n) is 4.64. The molecule has 0 aliphatic heterocycles. The number of nitrogens with one attached hydrogen (secondary N) is 1. The first-order chi connectivity index (χ1) is 10.2. The highest BCUT2D eigenvalue weighted by Gasteiger charge is 2.18. The molecule has 0 radical (unpaired) electrons. The molecule has 2 aromatic heterocycles.